The highest BCUT2D eigenvalue weighted by Gasteiger charge is 2.19. The first kappa shape index (κ1) is 11.4. The van der Waals surface area contributed by atoms with Gasteiger partial charge in [0.05, 0.1) is 12.1 Å². The number of ether oxygens (including phenoxy) is 1. The predicted octanol–water partition coefficient (Wildman–Crippen LogP) is -0.476. The Kier molecular flexibility index (Phi) is 4.86. The van der Waals surface area contributed by atoms with Gasteiger partial charge in [-0.15, -0.1) is 0 Å². The van der Waals surface area contributed by atoms with Crippen molar-refractivity contribution in [3.8, 4) is 0 Å². The van der Waals surface area contributed by atoms with Crippen molar-refractivity contribution < 1.29 is 9.53 Å². The highest BCUT2D eigenvalue weighted by Crippen LogP contribution is 2.10. The molecular weight excluding hydrogens is 182 g/mol. The van der Waals surface area contributed by atoms with Crippen molar-refractivity contribution in [1.29, 1.82) is 0 Å². The van der Waals surface area contributed by atoms with E-state index in [1.165, 1.54) is 0 Å². The smallest absolute Gasteiger partial charge is 0.250 e. The fourth-order valence-corrected chi connectivity index (χ4v) is 1.60. The third kappa shape index (κ3) is 3.25. The SMILES string of the molecule is CC[C@H](NC[C@H]1CCCO1)C(=O)NN. The fourth-order valence-electron chi connectivity index (χ4n) is 1.60. The maximum absolute atomic E-state index is 11.2. The van der Waals surface area contributed by atoms with Crippen LogP contribution in [0, 0.1) is 0 Å². The van der Waals surface area contributed by atoms with Gasteiger partial charge in [0.25, 0.3) is 5.91 Å². The van der Waals surface area contributed by atoms with Gasteiger partial charge in [-0.1, -0.05) is 6.92 Å². The van der Waals surface area contributed by atoms with E-state index in [1.54, 1.807) is 0 Å². The van der Waals surface area contributed by atoms with E-state index in [4.69, 9.17) is 10.6 Å². The van der Waals surface area contributed by atoms with Gasteiger partial charge in [-0.25, -0.2) is 5.84 Å². The Morgan fingerprint density at radius 1 is 1.71 bits per heavy atom. The molecule has 1 amide bonds. The summed E-state index contributed by atoms with van der Waals surface area (Å²) in [5.74, 6) is 4.90. The van der Waals surface area contributed by atoms with Gasteiger partial charge in [-0.05, 0) is 19.3 Å². The highest BCUT2D eigenvalue weighted by atomic mass is 16.5. The average Bonchev–Trinajstić information content (AvgIpc) is 2.71. The average molecular weight is 201 g/mol. The Hall–Kier alpha value is -0.650. The zero-order valence-electron chi connectivity index (χ0n) is 8.58. The number of amides is 1. The maximum Gasteiger partial charge on any atom is 0.250 e. The lowest BCUT2D eigenvalue weighted by Crippen LogP contribution is -2.48. The minimum atomic E-state index is -0.204. The van der Waals surface area contributed by atoms with Crippen molar-refractivity contribution in [2.24, 2.45) is 5.84 Å². The molecule has 0 aromatic heterocycles. The molecule has 1 saturated heterocycles. The van der Waals surface area contributed by atoms with Crippen LogP contribution in [0.15, 0.2) is 0 Å². The van der Waals surface area contributed by atoms with Crippen molar-refractivity contribution in [1.82, 2.24) is 10.7 Å². The minimum Gasteiger partial charge on any atom is -0.377 e. The van der Waals surface area contributed by atoms with E-state index in [-0.39, 0.29) is 18.1 Å². The first-order chi connectivity index (χ1) is 6.77. The minimum absolute atomic E-state index is 0.162. The lowest BCUT2D eigenvalue weighted by atomic mass is 10.2. The number of nitrogens with two attached hydrogens (primary N) is 1. The second-order valence-corrected chi connectivity index (χ2v) is 3.51. The Morgan fingerprint density at radius 3 is 3.00 bits per heavy atom. The van der Waals surface area contributed by atoms with Crippen LogP contribution in [0.5, 0.6) is 0 Å². The highest BCUT2D eigenvalue weighted by molar-refractivity contribution is 5.80. The molecule has 2 atom stereocenters. The topological polar surface area (TPSA) is 76.4 Å². The van der Waals surface area contributed by atoms with E-state index in [1.807, 2.05) is 6.92 Å². The van der Waals surface area contributed by atoms with E-state index in [9.17, 15) is 4.79 Å². The summed E-state index contributed by atoms with van der Waals surface area (Å²) >= 11 is 0. The second kappa shape index (κ2) is 5.95. The molecule has 0 saturated carbocycles. The lowest BCUT2D eigenvalue weighted by Gasteiger charge is -2.17. The monoisotopic (exact) mass is 201 g/mol. The van der Waals surface area contributed by atoms with E-state index >= 15 is 0 Å². The third-order valence-corrected chi connectivity index (χ3v) is 2.48. The quantitative estimate of drug-likeness (QED) is 0.319. The van der Waals surface area contributed by atoms with Crippen LogP contribution >= 0.6 is 0 Å². The van der Waals surface area contributed by atoms with Gasteiger partial charge < -0.3 is 10.1 Å². The Balaban J connectivity index is 2.22. The molecule has 82 valence electrons. The van der Waals surface area contributed by atoms with Crippen LogP contribution in [0.3, 0.4) is 0 Å². The number of hydrogen-bond acceptors (Lipinski definition) is 4. The van der Waals surface area contributed by atoms with E-state index < -0.39 is 0 Å². The third-order valence-electron chi connectivity index (χ3n) is 2.48. The van der Waals surface area contributed by atoms with Crippen LogP contribution in [0.2, 0.25) is 0 Å². The predicted molar refractivity (Wildman–Crippen MR) is 53.4 cm³/mol. The molecule has 14 heavy (non-hydrogen) atoms. The van der Waals surface area contributed by atoms with Crippen molar-refractivity contribution >= 4 is 5.91 Å². The first-order valence-corrected chi connectivity index (χ1v) is 5.13. The molecule has 0 bridgehead atoms. The fraction of sp³-hybridized carbons (Fsp3) is 0.889. The van der Waals surface area contributed by atoms with Gasteiger partial charge in [0.15, 0.2) is 0 Å². The van der Waals surface area contributed by atoms with Gasteiger partial charge in [0.2, 0.25) is 0 Å². The summed E-state index contributed by atoms with van der Waals surface area (Å²) in [5, 5.41) is 3.14. The number of nitrogens with one attached hydrogen (secondary N) is 2. The molecule has 5 heteroatoms. The van der Waals surface area contributed by atoms with Crippen LogP contribution in [-0.2, 0) is 9.53 Å². The van der Waals surface area contributed by atoms with Gasteiger partial charge in [0, 0.05) is 13.2 Å². The molecule has 1 aliphatic rings. The van der Waals surface area contributed by atoms with Crippen molar-refractivity contribution in [3.05, 3.63) is 0 Å². The summed E-state index contributed by atoms with van der Waals surface area (Å²) in [6.07, 6.45) is 3.19. The Labute approximate surface area is 84.3 Å². The van der Waals surface area contributed by atoms with E-state index in [0.29, 0.717) is 0 Å². The molecular formula is C9H19N3O2. The Morgan fingerprint density at radius 2 is 2.50 bits per heavy atom. The van der Waals surface area contributed by atoms with Crippen LogP contribution < -0.4 is 16.6 Å². The zero-order valence-corrected chi connectivity index (χ0v) is 8.58. The summed E-state index contributed by atoms with van der Waals surface area (Å²) in [7, 11) is 0. The molecule has 0 aliphatic carbocycles. The van der Waals surface area contributed by atoms with Gasteiger partial charge in [-0.3, -0.25) is 10.2 Å². The zero-order chi connectivity index (χ0) is 10.4. The van der Waals surface area contributed by atoms with Gasteiger partial charge in [0.1, 0.15) is 0 Å². The van der Waals surface area contributed by atoms with Crippen molar-refractivity contribution in [2.45, 2.75) is 38.3 Å². The number of carbonyl (C=O) groups is 1. The first-order valence-electron chi connectivity index (χ1n) is 5.13. The molecule has 5 nitrogen and oxygen atoms in total. The molecule has 0 radical (unpaired) electrons. The molecule has 0 unspecified atom stereocenters. The van der Waals surface area contributed by atoms with Crippen molar-refractivity contribution in [3.63, 3.8) is 0 Å². The van der Waals surface area contributed by atoms with E-state index in [2.05, 4.69) is 10.7 Å². The number of hydrazine groups is 1. The molecule has 1 aliphatic heterocycles. The molecule has 1 rings (SSSR count). The van der Waals surface area contributed by atoms with Crippen LogP contribution in [0.25, 0.3) is 0 Å². The summed E-state index contributed by atoms with van der Waals surface area (Å²) in [6.45, 7) is 3.51. The van der Waals surface area contributed by atoms with Crippen LogP contribution in [0.1, 0.15) is 26.2 Å². The standard InChI is InChI=1S/C9H19N3O2/c1-2-8(9(13)12-10)11-6-7-4-3-5-14-7/h7-8,11H,2-6,10H2,1H3,(H,12,13)/t7-,8+/m1/s1. The van der Waals surface area contributed by atoms with Gasteiger partial charge >= 0.3 is 0 Å². The van der Waals surface area contributed by atoms with Crippen LogP contribution in [0.4, 0.5) is 0 Å². The summed E-state index contributed by atoms with van der Waals surface area (Å²) in [6, 6.07) is -0.204. The van der Waals surface area contributed by atoms with Crippen LogP contribution in [-0.4, -0.2) is 31.2 Å². The summed E-state index contributed by atoms with van der Waals surface area (Å²) in [4.78, 5) is 11.2. The molecule has 0 aromatic carbocycles. The molecule has 0 aromatic rings. The van der Waals surface area contributed by atoms with Gasteiger partial charge in [-0.2, -0.15) is 0 Å². The molecule has 4 N–H and O–H groups in total. The largest absolute Gasteiger partial charge is 0.377 e. The molecule has 0 spiro atoms. The molecule has 1 fully saturated rings. The number of hydrogen-bond donors (Lipinski definition) is 3. The van der Waals surface area contributed by atoms with E-state index in [0.717, 1.165) is 32.4 Å². The summed E-state index contributed by atoms with van der Waals surface area (Å²) < 4.78 is 5.44. The number of carbonyl (C=O) groups excluding carboxylic acids is 1. The summed E-state index contributed by atoms with van der Waals surface area (Å²) in [5.41, 5.74) is 2.15. The number of rotatable bonds is 5. The Bertz CT molecular complexity index is 181. The molecule has 1 heterocycles. The maximum atomic E-state index is 11.2. The van der Waals surface area contributed by atoms with Crippen molar-refractivity contribution in [2.75, 3.05) is 13.2 Å². The second-order valence-electron chi connectivity index (χ2n) is 3.51. The normalized spacial score (nSPS) is 23.4. The lowest BCUT2D eigenvalue weighted by molar-refractivity contribution is -0.123.